The molecule has 2 aromatic carbocycles. The van der Waals surface area contributed by atoms with Crippen LogP contribution in [-0.4, -0.2) is 16.1 Å². The average molecular weight is 357 g/mol. The normalized spacial score (nSPS) is 17.9. The highest BCUT2D eigenvalue weighted by Crippen LogP contribution is 2.38. The third-order valence-electron chi connectivity index (χ3n) is 5.36. The van der Waals surface area contributed by atoms with Crippen molar-refractivity contribution in [3.8, 4) is 0 Å². The minimum Gasteiger partial charge on any atom is -0.478 e. The van der Waals surface area contributed by atoms with Gasteiger partial charge < -0.3 is 5.11 Å². The maximum absolute atomic E-state index is 12.1. The number of carbonyl (C=O) groups is 1. The van der Waals surface area contributed by atoms with E-state index in [9.17, 15) is 9.90 Å². The molecule has 1 aliphatic rings. The number of hydrogen-bond donors (Lipinski definition) is 1. The molecular formula is C24H23NO2. The van der Waals surface area contributed by atoms with Crippen molar-refractivity contribution in [3.63, 3.8) is 0 Å². The van der Waals surface area contributed by atoms with Gasteiger partial charge in [-0.05, 0) is 59.6 Å². The summed E-state index contributed by atoms with van der Waals surface area (Å²) in [7, 11) is 0. The Morgan fingerprint density at radius 3 is 2.59 bits per heavy atom. The van der Waals surface area contributed by atoms with Crippen LogP contribution in [-0.2, 0) is 12.8 Å². The number of aromatic carboxylic acids is 1. The van der Waals surface area contributed by atoms with Crippen molar-refractivity contribution in [3.05, 3.63) is 76.5 Å². The number of para-hydroxylation sites is 1. The van der Waals surface area contributed by atoms with Crippen LogP contribution in [0.4, 0.5) is 0 Å². The molecule has 1 heterocycles. The van der Waals surface area contributed by atoms with E-state index in [0.717, 1.165) is 52.6 Å². The largest absolute Gasteiger partial charge is 0.478 e. The molecule has 0 fully saturated rings. The monoisotopic (exact) mass is 357 g/mol. The van der Waals surface area contributed by atoms with Gasteiger partial charge in [0.2, 0.25) is 0 Å². The molecule has 0 aliphatic heterocycles. The van der Waals surface area contributed by atoms with Gasteiger partial charge in [0.25, 0.3) is 0 Å². The molecule has 0 saturated carbocycles. The van der Waals surface area contributed by atoms with E-state index < -0.39 is 5.97 Å². The zero-order valence-corrected chi connectivity index (χ0v) is 15.7. The Morgan fingerprint density at radius 1 is 1.15 bits per heavy atom. The lowest BCUT2D eigenvalue weighted by molar-refractivity contribution is 0.0697. The molecule has 0 amide bonds. The van der Waals surface area contributed by atoms with Crippen molar-refractivity contribution in [2.45, 2.75) is 33.1 Å². The van der Waals surface area contributed by atoms with Crippen LogP contribution in [0.15, 0.2) is 48.5 Å². The summed E-state index contributed by atoms with van der Waals surface area (Å²) >= 11 is 0. The Morgan fingerprint density at radius 2 is 1.89 bits per heavy atom. The van der Waals surface area contributed by atoms with E-state index in [4.69, 9.17) is 4.98 Å². The van der Waals surface area contributed by atoms with Crippen molar-refractivity contribution >= 4 is 28.5 Å². The van der Waals surface area contributed by atoms with Gasteiger partial charge in [-0.3, -0.25) is 0 Å². The number of hydrogen-bond acceptors (Lipinski definition) is 2. The molecule has 3 nitrogen and oxygen atoms in total. The van der Waals surface area contributed by atoms with Gasteiger partial charge in [-0.2, -0.15) is 0 Å². The first kappa shape index (κ1) is 17.5. The van der Waals surface area contributed by atoms with Crippen molar-refractivity contribution in [2.24, 2.45) is 5.92 Å². The fourth-order valence-corrected chi connectivity index (χ4v) is 4.03. The second-order valence-corrected chi connectivity index (χ2v) is 7.41. The smallest absolute Gasteiger partial charge is 0.336 e. The molecule has 0 saturated heterocycles. The van der Waals surface area contributed by atoms with Crippen LogP contribution in [0, 0.1) is 5.92 Å². The Kier molecular flexibility index (Phi) is 4.53. The van der Waals surface area contributed by atoms with Crippen molar-refractivity contribution in [2.75, 3.05) is 0 Å². The first-order chi connectivity index (χ1) is 13.1. The highest BCUT2D eigenvalue weighted by atomic mass is 16.4. The summed E-state index contributed by atoms with van der Waals surface area (Å²) in [6, 6.07) is 16.1. The van der Waals surface area contributed by atoms with Crippen LogP contribution in [0.3, 0.4) is 0 Å². The van der Waals surface area contributed by atoms with Crippen molar-refractivity contribution in [1.29, 1.82) is 0 Å². The number of aromatic nitrogens is 1. The van der Waals surface area contributed by atoms with Gasteiger partial charge in [-0.15, -0.1) is 0 Å². The summed E-state index contributed by atoms with van der Waals surface area (Å²) in [5.41, 5.74) is 6.45. The highest BCUT2D eigenvalue weighted by molar-refractivity contribution is 6.05. The molecule has 0 bridgehead atoms. The van der Waals surface area contributed by atoms with Gasteiger partial charge in [-0.25, -0.2) is 9.78 Å². The lowest BCUT2D eigenvalue weighted by atomic mass is 9.80. The van der Waals surface area contributed by atoms with Crippen LogP contribution in [0.2, 0.25) is 0 Å². The number of carboxylic acids is 1. The first-order valence-corrected chi connectivity index (χ1v) is 9.51. The van der Waals surface area contributed by atoms with Gasteiger partial charge in [0.05, 0.1) is 16.8 Å². The van der Waals surface area contributed by atoms with E-state index in [0.29, 0.717) is 11.5 Å². The quantitative estimate of drug-likeness (QED) is 0.662. The van der Waals surface area contributed by atoms with E-state index in [1.54, 1.807) is 0 Å². The Balaban J connectivity index is 1.93. The van der Waals surface area contributed by atoms with Crippen LogP contribution >= 0.6 is 0 Å². The van der Waals surface area contributed by atoms with E-state index in [-0.39, 0.29) is 0 Å². The molecule has 0 unspecified atom stereocenters. The zero-order valence-electron chi connectivity index (χ0n) is 15.7. The summed E-state index contributed by atoms with van der Waals surface area (Å²) in [6.07, 6.45) is 4.85. The molecule has 1 atom stereocenters. The van der Waals surface area contributed by atoms with Crippen molar-refractivity contribution < 1.29 is 9.90 Å². The van der Waals surface area contributed by atoms with Gasteiger partial charge in [-0.1, -0.05) is 56.3 Å². The summed E-state index contributed by atoms with van der Waals surface area (Å²) < 4.78 is 0. The predicted molar refractivity (Wildman–Crippen MR) is 110 cm³/mol. The molecule has 1 aromatic heterocycles. The number of fused-ring (bicyclic) bond motifs is 2. The van der Waals surface area contributed by atoms with Gasteiger partial charge in [0.15, 0.2) is 0 Å². The topological polar surface area (TPSA) is 50.2 Å². The molecule has 3 heteroatoms. The molecule has 1 aliphatic carbocycles. The van der Waals surface area contributed by atoms with Crippen LogP contribution in [0.25, 0.3) is 22.6 Å². The Bertz CT molecular complexity index is 1050. The summed E-state index contributed by atoms with van der Waals surface area (Å²) in [6.45, 7) is 4.33. The van der Waals surface area contributed by atoms with E-state index in [1.165, 1.54) is 5.56 Å². The minimum atomic E-state index is -0.870. The van der Waals surface area contributed by atoms with Crippen LogP contribution in [0.1, 0.15) is 53.0 Å². The van der Waals surface area contributed by atoms with Crippen LogP contribution in [0.5, 0.6) is 0 Å². The number of rotatable bonds is 3. The molecule has 3 aromatic rings. The molecule has 1 N–H and O–H groups in total. The Labute approximate surface area is 159 Å². The molecule has 136 valence electrons. The standard InChI is InChI=1S/C24H23NO2/c1-3-16-8-10-17(11-9-16)14-18-12-15(2)13-20-22(24(26)27)19-6-4-5-7-21(19)25-23(18)20/h4-11,14-15H,3,12-13H2,1-2H3,(H,26,27)/b18-14+/t15-/m0/s1. The number of aryl methyl sites for hydroxylation is 1. The summed E-state index contributed by atoms with van der Waals surface area (Å²) in [4.78, 5) is 17.0. The second kappa shape index (κ2) is 6.99. The number of carboxylic acid groups (broad SMARTS) is 1. The second-order valence-electron chi connectivity index (χ2n) is 7.41. The third kappa shape index (κ3) is 3.25. The predicted octanol–water partition coefficient (Wildman–Crippen LogP) is 5.62. The lowest BCUT2D eigenvalue weighted by Gasteiger charge is -2.26. The summed E-state index contributed by atoms with van der Waals surface area (Å²) in [5.74, 6) is -0.481. The van der Waals surface area contributed by atoms with Gasteiger partial charge >= 0.3 is 5.97 Å². The Hall–Kier alpha value is -2.94. The first-order valence-electron chi connectivity index (χ1n) is 9.51. The molecule has 4 rings (SSSR count). The number of pyridine rings is 1. The minimum absolute atomic E-state index is 0.389. The lowest BCUT2D eigenvalue weighted by Crippen LogP contribution is -2.17. The number of allylic oxidation sites excluding steroid dienone is 1. The molecular weight excluding hydrogens is 334 g/mol. The molecule has 0 spiro atoms. The summed E-state index contributed by atoms with van der Waals surface area (Å²) in [5, 5.41) is 10.6. The maximum Gasteiger partial charge on any atom is 0.336 e. The van der Waals surface area contributed by atoms with Crippen LogP contribution < -0.4 is 0 Å². The SMILES string of the molecule is CCc1ccc(/C=C2\C[C@H](C)Cc3c2nc2ccccc2c3C(=O)O)cc1. The van der Waals surface area contributed by atoms with E-state index in [2.05, 4.69) is 44.2 Å². The fourth-order valence-electron chi connectivity index (χ4n) is 4.03. The van der Waals surface area contributed by atoms with Gasteiger partial charge in [0, 0.05) is 5.39 Å². The molecule has 27 heavy (non-hydrogen) atoms. The third-order valence-corrected chi connectivity index (χ3v) is 5.36. The molecule has 0 radical (unpaired) electrons. The average Bonchev–Trinajstić information content (AvgIpc) is 2.66. The van der Waals surface area contributed by atoms with Crippen molar-refractivity contribution in [1.82, 2.24) is 4.98 Å². The van der Waals surface area contributed by atoms with E-state index in [1.807, 2.05) is 24.3 Å². The van der Waals surface area contributed by atoms with Gasteiger partial charge in [0.1, 0.15) is 0 Å². The zero-order chi connectivity index (χ0) is 19.0. The maximum atomic E-state index is 12.1. The highest BCUT2D eigenvalue weighted by Gasteiger charge is 2.27. The number of nitrogens with zero attached hydrogens (tertiary/aromatic N) is 1. The fraction of sp³-hybridized carbons (Fsp3) is 0.250. The number of benzene rings is 2. The van der Waals surface area contributed by atoms with E-state index >= 15 is 0 Å².